The predicted molar refractivity (Wildman–Crippen MR) is 72.6 cm³/mol. The molecular formula is C13H18N4O. The topological polar surface area (TPSA) is 70.1 Å². The van der Waals surface area contributed by atoms with Gasteiger partial charge < -0.3 is 15.7 Å². The Labute approximate surface area is 106 Å². The maximum atomic E-state index is 9.11. The molecule has 0 saturated carbocycles. The Kier molecular flexibility index (Phi) is 4.44. The van der Waals surface area contributed by atoms with Gasteiger partial charge in [0.15, 0.2) is 0 Å². The van der Waals surface area contributed by atoms with E-state index in [4.69, 9.17) is 5.11 Å². The van der Waals surface area contributed by atoms with Crippen LogP contribution < -0.4 is 10.6 Å². The van der Waals surface area contributed by atoms with Crippen LogP contribution >= 0.6 is 0 Å². The number of aromatic nitrogens is 2. The van der Waals surface area contributed by atoms with Gasteiger partial charge in [0, 0.05) is 25.0 Å². The molecule has 1 atom stereocenters. The van der Waals surface area contributed by atoms with Crippen LogP contribution in [0.4, 0.5) is 5.82 Å². The van der Waals surface area contributed by atoms with Crippen molar-refractivity contribution in [3.63, 3.8) is 0 Å². The Bertz CT molecular complexity index is 496. The standard InChI is InChI=1S/C13H18N4O/c1-10(18)8-14-6-7-15-13-11-4-2-3-5-12(11)16-9-17-13/h2-5,9-10,14,18H,6-8H2,1H3,(H,15,16,17). The van der Waals surface area contributed by atoms with E-state index in [1.165, 1.54) is 0 Å². The summed E-state index contributed by atoms with van der Waals surface area (Å²) >= 11 is 0. The molecule has 0 radical (unpaired) electrons. The van der Waals surface area contributed by atoms with Gasteiger partial charge in [-0.1, -0.05) is 12.1 Å². The van der Waals surface area contributed by atoms with Crippen LogP contribution in [0, 0.1) is 0 Å². The number of benzene rings is 1. The van der Waals surface area contributed by atoms with Crippen molar-refractivity contribution in [3.05, 3.63) is 30.6 Å². The molecule has 0 amide bonds. The Morgan fingerprint density at radius 3 is 2.89 bits per heavy atom. The molecule has 0 saturated heterocycles. The maximum absolute atomic E-state index is 9.11. The molecule has 0 aliphatic carbocycles. The average Bonchev–Trinajstić information content (AvgIpc) is 2.38. The summed E-state index contributed by atoms with van der Waals surface area (Å²) in [6, 6.07) is 7.90. The van der Waals surface area contributed by atoms with Crippen LogP contribution in [0.3, 0.4) is 0 Å². The van der Waals surface area contributed by atoms with Crippen molar-refractivity contribution < 1.29 is 5.11 Å². The van der Waals surface area contributed by atoms with Crippen molar-refractivity contribution >= 4 is 16.7 Å². The van der Waals surface area contributed by atoms with E-state index in [1.54, 1.807) is 13.3 Å². The molecule has 0 aliphatic heterocycles. The monoisotopic (exact) mass is 246 g/mol. The Hall–Kier alpha value is -1.72. The van der Waals surface area contributed by atoms with E-state index in [1.807, 2.05) is 24.3 Å². The van der Waals surface area contributed by atoms with Gasteiger partial charge in [-0.05, 0) is 19.1 Å². The first kappa shape index (κ1) is 12.7. The lowest BCUT2D eigenvalue weighted by molar-refractivity contribution is 0.192. The molecule has 96 valence electrons. The maximum Gasteiger partial charge on any atom is 0.137 e. The van der Waals surface area contributed by atoms with Crippen molar-refractivity contribution in [2.45, 2.75) is 13.0 Å². The van der Waals surface area contributed by atoms with Crippen LogP contribution in [0.15, 0.2) is 30.6 Å². The number of aliphatic hydroxyl groups is 1. The van der Waals surface area contributed by atoms with E-state index in [2.05, 4.69) is 20.6 Å². The van der Waals surface area contributed by atoms with Crippen molar-refractivity contribution in [3.8, 4) is 0 Å². The number of nitrogens with zero attached hydrogens (tertiary/aromatic N) is 2. The molecule has 1 aromatic carbocycles. The summed E-state index contributed by atoms with van der Waals surface area (Å²) in [5.41, 5.74) is 0.937. The molecule has 1 heterocycles. The SMILES string of the molecule is CC(O)CNCCNc1ncnc2ccccc12. The first-order valence-corrected chi connectivity index (χ1v) is 6.10. The largest absolute Gasteiger partial charge is 0.392 e. The van der Waals surface area contributed by atoms with Crippen molar-refractivity contribution in [1.29, 1.82) is 0 Å². The zero-order valence-corrected chi connectivity index (χ0v) is 10.4. The molecule has 0 aliphatic rings. The Balaban J connectivity index is 1.91. The zero-order valence-electron chi connectivity index (χ0n) is 10.4. The molecule has 2 aromatic rings. The second-order valence-corrected chi connectivity index (χ2v) is 4.22. The molecule has 5 nitrogen and oxygen atoms in total. The summed E-state index contributed by atoms with van der Waals surface area (Å²) in [5.74, 6) is 0.847. The number of para-hydroxylation sites is 1. The second kappa shape index (κ2) is 6.28. The Morgan fingerprint density at radius 2 is 2.06 bits per heavy atom. The van der Waals surface area contributed by atoms with Gasteiger partial charge in [-0.3, -0.25) is 0 Å². The van der Waals surface area contributed by atoms with Crippen LogP contribution in [0.2, 0.25) is 0 Å². The third-order valence-electron chi connectivity index (χ3n) is 2.58. The van der Waals surface area contributed by atoms with Crippen molar-refractivity contribution in [1.82, 2.24) is 15.3 Å². The lowest BCUT2D eigenvalue weighted by atomic mass is 10.2. The zero-order chi connectivity index (χ0) is 12.8. The van der Waals surface area contributed by atoms with Crippen LogP contribution in [0.5, 0.6) is 0 Å². The Morgan fingerprint density at radius 1 is 1.22 bits per heavy atom. The molecule has 0 fully saturated rings. The van der Waals surface area contributed by atoms with Gasteiger partial charge in [0.2, 0.25) is 0 Å². The van der Waals surface area contributed by atoms with E-state index in [9.17, 15) is 0 Å². The molecule has 0 bridgehead atoms. The molecule has 1 aromatic heterocycles. The van der Waals surface area contributed by atoms with Gasteiger partial charge in [-0.25, -0.2) is 9.97 Å². The number of nitrogens with one attached hydrogen (secondary N) is 2. The minimum Gasteiger partial charge on any atom is -0.392 e. The first-order chi connectivity index (χ1) is 8.77. The average molecular weight is 246 g/mol. The van der Waals surface area contributed by atoms with E-state index in [-0.39, 0.29) is 6.10 Å². The molecule has 0 spiro atoms. The summed E-state index contributed by atoms with van der Waals surface area (Å²) in [5, 5.41) is 16.5. The fraction of sp³-hybridized carbons (Fsp3) is 0.385. The number of fused-ring (bicyclic) bond motifs is 1. The molecule has 3 N–H and O–H groups in total. The lowest BCUT2D eigenvalue weighted by Gasteiger charge is -2.09. The highest BCUT2D eigenvalue weighted by Crippen LogP contribution is 2.17. The number of hydrogen-bond donors (Lipinski definition) is 3. The van der Waals surface area contributed by atoms with Crippen molar-refractivity contribution in [2.75, 3.05) is 25.0 Å². The van der Waals surface area contributed by atoms with Gasteiger partial charge in [0.05, 0.1) is 11.6 Å². The number of anilines is 1. The van der Waals surface area contributed by atoms with Crippen LogP contribution in [0.1, 0.15) is 6.92 Å². The highest BCUT2D eigenvalue weighted by atomic mass is 16.3. The lowest BCUT2D eigenvalue weighted by Crippen LogP contribution is -2.29. The van der Waals surface area contributed by atoms with Gasteiger partial charge in [0.25, 0.3) is 0 Å². The molecule has 5 heteroatoms. The van der Waals surface area contributed by atoms with E-state index in [0.717, 1.165) is 29.8 Å². The summed E-state index contributed by atoms with van der Waals surface area (Å²) in [6.07, 6.45) is 1.25. The summed E-state index contributed by atoms with van der Waals surface area (Å²) in [4.78, 5) is 8.45. The predicted octanol–water partition coefficient (Wildman–Crippen LogP) is 1.01. The third kappa shape index (κ3) is 3.38. The van der Waals surface area contributed by atoms with Gasteiger partial charge in [-0.15, -0.1) is 0 Å². The summed E-state index contributed by atoms with van der Waals surface area (Å²) in [7, 11) is 0. The minimum absolute atomic E-state index is 0.315. The fourth-order valence-electron chi connectivity index (χ4n) is 1.73. The van der Waals surface area contributed by atoms with Crippen molar-refractivity contribution in [2.24, 2.45) is 0 Å². The van der Waals surface area contributed by atoms with Gasteiger partial charge >= 0.3 is 0 Å². The van der Waals surface area contributed by atoms with E-state index < -0.39 is 0 Å². The quantitative estimate of drug-likeness (QED) is 0.664. The highest BCUT2D eigenvalue weighted by molar-refractivity contribution is 5.88. The van der Waals surface area contributed by atoms with Crippen LogP contribution in [-0.2, 0) is 0 Å². The van der Waals surface area contributed by atoms with Gasteiger partial charge in [-0.2, -0.15) is 0 Å². The molecule has 1 unspecified atom stereocenters. The third-order valence-corrected chi connectivity index (χ3v) is 2.58. The normalized spacial score (nSPS) is 12.6. The smallest absolute Gasteiger partial charge is 0.137 e. The van der Waals surface area contributed by atoms with Crippen LogP contribution in [0.25, 0.3) is 10.9 Å². The molecule has 2 rings (SSSR count). The van der Waals surface area contributed by atoms with Gasteiger partial charge in [0.1, 0.15) is 12.1 Å². The van der Waals surface area contributed by atoms with Crippen LogP contribution in [-0.4, -0.2) is 40.8 Å². The minimum atomic E-state index is -0.315. The molecular weight excluding hydrogens is 228 g/mol. The molecule has 18 heavy (non-hydrogen) atoms. The highest BCUT2D eigenvalue weighted by Gasteiger charge is 2.01. The fourth-order valence-corrected chi connectivity index (χ4v) is 1.73. The number of aliphatic hydroxyl groups excluding tert-OH is 1. The second-order valence-electron chi connectivity index (χ2n) is 4.22. The summed E-state index contributed by atoms with van der Waals surface area (Å²) < 4.78 is 0. The number of rotatable bonds is 6. The summed E-state index contributed by atoms with van der Waals surface area (Å²) in [6.45, 7) is 3.90. The first-order valence-electron chi connectivity index (χ1n) is 6.10. The number of hydrogen-bond acceptors (Lipinski definition) is 5. The van der Waals surface area contributed by atoms with E-state index in [0.29, 0.717) is 6.54 Å². The van der Waals surface area contributed by atoms with E-state index >= 15 is 0 Å².